The number of aromatic nitrogens is 3. The minimum absolute atomic E-state index is 0.804. The van der Waals surface area contributed by atoms with Gasteiger partial charge in [-0.1, -0.05) is 23.9 Å². The fourth-order valence-electron chi connectivity index (χ4n) is 2.45. The molecule has 0 bridgehead atoms. The number of para-hydroxylation sites is 2. The summed E-state index contributed by atoms with van der Waals surface area (Å²) in [4.78, 5) is 12.5. The summed E-state index contributed by atoms with van der Waals surface area (Å²) < 4.78 is 0. The summed E-state index contributed by atoms with van der Waals surface area (Å²) in [6.07, 6.45) is 4.07. The van der Waals surface area contributed by atoms with Gasteiger partial charge in [0.1, 0.15) is 5.82 Å². The Morgan fingerprint density at radius 1 is 1.23 bits per heavy atom. The molecule has 0 atom stereocenters. The SMILES string of the molecule is Cc1c(CCCS)ccnc1SCc1nc2ccccc2[nH]1. The van der Waals surface area contributed by atoms with E-state index in [0.29, 0.717) is 0 Å². The lowest BCUT2D eigenvalue weighted by atomic mass is 10.1. The molecule has 5 heteroatoms. The minimum Gasteiger partial charge on any atom is -0.341 e. The first-order valence-electron chi connectivity index (χ1n) is 7.39. The average Bonchev–Trinajstić information content (AvgIpc) is 2.95. The number of hydrogen-bond acceptors (Lipinski definition) is 4. The number of rotatable bonds is 6. The number of fused-ring (bicyclic) bond motifs is 1. The standard InChI is InChI=1S/C17H19N3S2/c1-12-13(5-4-10-21)8-9-18-17(12)22-11-16-19-14-6-2-3-7-15(14)20-16/h2-3,6-9,21H,4-5,10-11H2,1H3,(H,19,20). The maximum atomic E-state index is 4.62. The molecule has 0 fully saturated rings. The van der Waals surface area contributed by atoms with Gasteiger partial charge in [-0.25, -0.2) is 9.97 Å². The number of benzene rings is 1. The van der Waals surface area contributed by atoms with Gasteiger partial charge in [-0.05, 0) is 54.8 Å². The number of H-pyrrole nitrogens is 1. The van der Waals surface area contributed by atoms with Crippen LogP contribution in [0.2, 0.25) is 0 Å². The highest BCUT2D eigenvalue weighted by Crippen LogP contribution is 2.26. The molecule has 0 aliphatic carbocycles. The number of aromatic amines is 1. The average molecular weight is 329 g/mol. The molecule has 0 spiro atoms. The molecule has 0 unspecified atom stereocenters. The maximum Gasteiger partial charge on any atom is 0.117 e. The summed E-state index contributed by atoms with van der Waals surface area (Å²) in [6.45, 7) is 2.15. The van der Waals surface area contributed by atoms with Crippen LogP contribution in [0.5, 0.6) is 0 Å². The Morgan fingerprint density at radius 3 is 2.91 bits per heavy atom. The quantitative estimate of drug-likeness (QED) is 0.519. The molecule has 1 N–H and O–H groups in total. The normalized spacial score (nSPS) is 11.2. The van der Waals surface area contributed by atoms with E-state index in [0.717, 1.165) is 46.2 Å². The first kappa shape index (κ1) is 15.4. The molecular formula is C17H19N3S2. The van der Waals surface area contributed by atoms with E-state index < -0.39 is 0 Å². The molecule has 0 saturated heterocycles. The molecule has 0 aliphatic heterocycles. The van der Waals surface area contributed by atoms with Gasteiger partial charge in [0.15, 0.2) is 0 Å². The van der Waals surface area contributed by atoms with Crippen LogP contribution >= 0.6 is 24.4 Å². The van der Waals surface area contributed by atoms with Gasteiger partial charge in [0.25, 0.3) is 0 Å². The van der Waals surface area contributed by atoms with E-state index in [1.54, 1.807) is 11.8 Å². The van der Waals surface area contributed by atoms with Crippen molar-refractivity contribution in [2.24, 2.45) is 0 Å². The Morgan fingerprint density at radius 2 is 2.09 bits per heavy atom. The first-order valence-corrected chi connectivity index (χ1v) is 9.01. The smallest absolute Gasteiger partial charge is 0.117 e. The summed E-state index contributed by atoms with van der Waals surface area (Å²) in [6, 6.07) is 10.2. The van der Waals surface area contributed by atoms with Crippen molar-refractivity contribution < 1.29 is 0 Å². The van der Waals surface area contributed by atoms with Crippen molar-refractivity contribution in [1.29, 1.82) is 0 Å². The summed E-state index contributed by atoms with van der Waals surface area (Å²) in [5.41, 5.74) is 4.76. The molecule has 3 nitrogen and oxygen atoms in total. The fraction of sp³-hybridized carbons (Fsp3) is 0.294. The zero-order chi connectivity index (χ0) is 15.4. The molecule has 0 amide bonds. The van der Waals surface area contributed by atoms with Crippen LogP contribution < -0.4 is 0 Å². The van der Waals surface area contributed by atoms with Crippen LogP contribution in [-0.2, 0) is 12.2 Å². The predicted octanol–water partition coefficient (Wildman–Crippen LogP) is 4.42. The van der Waals surface area contributed by atoms with Crippen molar-refractivity contribution in [3.05, 3.63) is 53.5 Å². The van der Waals surface area contributed by atoms with E-state index in [2.05, 4.69) is 46.6 Å². The summed E-state index contributed by atoms with van der Waals surface area (Å²) in [7, 11) is 0. The molecule has 0 radical (unpaired) electrons. The molecule has 0 saturated carbocycles. The minimum atomic E-state index is 0.804. The van der Waals surface area contributed by atoms with E-state index in [1.165, 1.54) is 11.1 Å². The number of nitrogens with zero attached hydrogens (tertiary/aromatic N) is 2. The highest BCUT2D eigenvalue weighted by Gasteiger charge is 2.08. The molecule has 3 rings (SSSR count). The molecule has 0 aliphatic rings. The topological polar surface area (TPSA) is 41.6 Å². The van der Waals surface area contributed by atoms with E-state index in [9.17, 15) is 0 Å². The lowest BCUT2D eigenvalue weighted by Crippen LogP contribution is -1.96. The Kier molecular flexibility index (Phi) is 5.05. The number of aryl methyl sites for hydroxylation is 1. The highest BCUT2D eigenvalue weighted by atomic mass is 32.2. The van der Waals surface area contributed by atoms with Gasteiger partial charge in [-0.3, -0.25) is 0 Å². The van der Waals surface area contributed by atoms with Crippen LogP contribution in [0.15, 0.2) is 41.6 Å². The number of pyridine rings is 1. The number of thioether (sulfide) groups is 1. The van der Waals surface area contributed by atoms with Crippen molar-refractivity contribution >= 4 is 35.4 Å². The molecule has 1 aromatic carbocycles. The van der Waals surface area contributed by atoms with E-state index in [1.807, 2.05) is 24.4 Å². The number of hydrogen-bond donors (Lipinski definition) is 2. The van der Waals surface area contributed by atoms with Crippen LogP contribution in [0, 0.1) is 6.92 Å². The fourth-order valence-corrected chi connectivity index (χ4v) is 3.50. The van der Waals surface area contributed by atoms with E-state index in [-0.39, 0.29) is 0 Å². The largest absolute Gasteiger partial charge is 0.341 e. The summed E-state index contributed by atoms with van der Waals surface area (Å²) in [5, 5.41) is 1.09. The zero-order valence-corrected chi connectivity index (χ0v) is 14.3. The monoisotopic (exact) mass is 329 g/mol. The van der Waals surface area contributed by atoms with Gasteiger partial charge in [0, 0.05) is 6.20 Å². The van der Waals surface area contributed by atoms with Crippen LogP contribution in [0.3, 0.4) is 0 Å². The molecule has 114 valence electrons. The van der Waals surface area contributed by atoms with Gasteiger partial charge < -0.3 is 4.98 Å². The van der Waals surface area contributed by atoms with Gasteiger partial charge in [-0.15, -0.1) is 0 Å². The van der Waals surface area contributed by atoms with Crippen LogP contribution in [-0.4, -0.2) is 20.7 Å². The maximum absolute atomic E-state index is 4.62. The number of nitrogens with one attached hydrogen (secondary N) is 1. The Hall–Kier alpha value is -1.46. The second-order valence-corrected chi connectivity index (χ2v) is 6.63. The van der Waals surface area contributed by atoms with Gasteiger partial charge in [0.2, 0.25) is 0 Å². The lowest BCUT2D eigenvalue weighted by Gasteiger charge is -2.09. The van der Waals surface area contributed by atoms with E-state index >= 15 is 0 Å². The Bertz CT molecular complexity index is 734. The van der Waals surface area contributed by atoms with Crippen molar-refractivity contribution in [2.75, 3.05) is 5.75 Å². The van der Waals surface area contributed by atoms with Crippen molar-refractivity contribution in [2.45, 2.75) is 30.5 Å². The van der Waals surface area contributed by atoms with Gasteiger partial charge in [-0.2, -0.15) is 12.6 Å². The first-order chi connectivity index (χ1) is 10.8. The third kappa shape index (κ3) is 3.47. The summed E-state index contributed by atoms with van der Waals surface area (Å²) >= 11 is 6.03. The second-order valence-electron chi connectivity index (χ2n) is 5.22. The van der Waals surface area contributed by atoms with E-state index in [4.69, 9.17) is 0 Å². The molecule has 3 aromatic rings. The second kappa shape index (κ2) is 7.20. The van der Waals surface area contributed by atoms with Crippen molar-refractivity contribution in [3.63, 3.8) is 0 Å². The van der Waals surface area contributed by atoms with Crippen LogP contribution in [0.4, 0.5) is 0 Å². The predicted molar refractivity (Wildman–Crippen MR) is 96.8 cm³/mol. The third-order valence-corrected chi connectivity index (χ3v) is 5.08. The Balaban J connectivity index is 1.73. The number of thiol groups is 1. The van der Waals surface area contributed by atoms with Gasteiger partial charge >= 0.3 is 0 Å². The molecule has 2 heterocycles. The van der Waals surface area contributed by atoms with Gasteiger partial charge in [0.05, 0.1) is 21.8 Å². The van der Waals surface area contributed by atoms with Crippen molar-refractivity contribution in [3.8, 4) is 0 Å². The third-order valence-electron chi connectivity index (χ3n) is 3.66. The molecule has 2 aromatic heterocycles. The van der Waals surface area contributed by atoms with Crippen LogP contribution in [0.1, 0.15) is 23.4 Å². The number of imidazole rings is 1. The molecule has 22 heavy (non-hydrogen) atoms. The summed E-state index contributed by atoms with van der Waals surface area (Å²) in [5.74, 6) is 2.72. The Labute approximate surface area is 140 Å². The highest BCUT2D eigenvalue weighted by molar-refractivity contribution is 7.98. The lowest BCUT2D eigenvalue weighted by molar-refractivity contribution is 0.900. The zero-order valence-electron chi connectivity index (χ0n) is 12.5. The van der Waals surface area contributed by atoms with Crippen LogP contribution in [0.25, 0.3) is 11.0 Å². The molecular weight excluding hydrogens is 310 g/mol. The van der Waals surface area contributed by atoms with Crippen molar-refractivity contribution in [1.82, 2.24) is 15.0 Å².